The van der Waals surface area contributed by atoms with E-state index in [1.165, 1.54) is 35.7 Å². The molecule has 2 aromatic carbocycles. The number of phenolic OH excluding ortho intramolecular Hbond substituents is 1. The van der Waals surface area contributed by atoms with Crippen molar-refractivity contribution in [2.75, 3.05) is 39.9 Å². The number of nitrogens with zero attached hydrogens (tertiary/aromatic N) is 2. The molecule has 9 heteroatoms. The average molecular weight is 406 g/mol. The van der Waals surface area contributed by atoms with Crippen molar-refractivity contribution in [1.82, 2.24) is 9.21 Å². The molecule has 0 radical (unpaired) electrons. The molecular weight excluding hydrogens is 384 g/mol. The molecule has 0 atom stereocenters. The summed E-state index contributed by atoms with van der Waals surface area (Å²) in [5.41, 5.74) is 0. The number of hydrogen-bond acceptors (Lipinski definition) is 6. The lowest BCUT2D eigenvalue weighted by molar-refractivity contribution is -0.134. The van der Waals surface area contributed by atoms with Gasteiger partial charge in [-0.1, -0.05) is 0 Å². The highest BCUT2D eigenvalue weighted by molar-refractivity contribution is 7.89. The van der Waals surface area contributed by atoms with Crippen molar-refractivity contribution in [3.63, 3.8) is 0 Å². The summed E-state index contributed by atoms with van der Waals surface area (Å²) in [4.78, 5) is 14.1. The van der Waals surface area contributed by atoms with Crippen LogP contribution < -0.4 is 9.47 Å². The van der Waals surface area contributed by atoms with Crippen molar-refractivity contribution in [1.29, 1.82) is 0 Å². The predicted molar refractivity (Wildman–Crippen MR) is 102 cm³/mol. The highest BCUT2D eigenvalue weighted by Gasteiger charge is 2.30. The van der Waals surface area contributed by atoms with Gasteiger partial charge >= 0.3 is 0 Å². The molecule has 3 rings (SSSR count). The zero-order chi connectivity index (χ0) is 20.1. The topological polar surface area (TPSA) is 96.4 Å². The van der Waals surface area contributed by atoms with Gasteiger partial charge in [0.05, 0.1) is 12.0 Å². The standard InChI is InChI=1S/C19H22N2O6S/c1-26-16-6-8-18(9-7-16)28(24,25)21-12-10-20(11-13-21)19(23)14-27-17-4-2-15(22)3-5-17/h2-9,22H,10-14H2,1H3. The third-order valence-corrected chi connectivity index (χ3v) is 6.40. The lowest BCUT2D eigenvalue weighted by atomic mass is 10.3. The Labute approximate surface area is 164 Å². The second-order valence-corrected chi connectivity index (χ2v) is 8.18. The first-order valence-corrected chi connectivity index (χ1v) is 10.2. The van der Waals surface area contributed by atoms with Crippen LogP contribution in [0.2, 0.25) is 0 Å². The lowest BCUT2D eigenvalue weighted by Gasteiger charge is -2.34. The number of hydrogen-bond donors (Lipinski definition) is 1. The van der Waals surface area contributed by atoms with Gasteiger partial charge in [0.1, 0.15) is 17.2 Å². The minimum Gasteiger partial charge on any atom is -0.508 e. The molecule has 0 saturated carbocycles. The van der Waals surface area contributed by atoms with Gasteiger partial charge in [0.25, 0.3) is 5.91 Å². The van der Waals surface area contributed by atoms with Crippen molar-refractivity contribution in [3.05, 3.63) is 48.5 Å². The Kier molecular flexibility index (Phi) is 6.05. The number of ether oxygens (including phenoxy) is 2. The molecule has 1 fully saturated rings. The van der Waals surface area contributed by atoms with Gasteiger partial charge in [-0.15, -0.1) is 0 Å². The minimum absolute atomic E-state index is 0.118. The molecule has 1 N–H and O–H groups in total. The number of methoxy groups -OCH3 is 1. The third-order valence-electron chi connectivity index (χ3n) is 4.49. The van der Waals surface area contributed by atoms with E-state index >= 15 is 0 Å². The molecule has 8 nitrogen and oxygen atoms in total. The maximum Gasteiger partial charge on any atom is 0.260 e. The first kappa shape index (κ1) is 20.0. The van der Waals surface area contributed by atoms with E-state index in [2.05, 4.69) is 0 Å². The molecule has 0 spiro atoms. The summed E-state index contributed by atoms with van der Waals surface area (Å²) in [5, 5.41) is 9.25. The molecule has 0 unspecified atom stereocenters. The molecule has 28 heavy (non-hydrogen) atoms. The van der Waals surface area contributed by atoms with Gasteiger partial charge in [-0.25, -0.2) is 8.42 Å². The Balaban J connectivity index is 1.54. The maximum absolute atomic E-state index is 12.7. The Hall–Kier alpha value is -2.78. The molecule has 1 amide bonds. The number of carbonyl (C=O) groups excluding carboxylic acids is 1. The van der Waals surface area contributed by atoms with E-state index in [4.69, 9.17) is 9.47 Å². The van der Waals surface area contributed by atoms with E-state index in [-0.39, 0.29) is 36.2 Å². The summed E-state index contributed by atoms with van der Waals surface area (Å²) in [6.07, 6.45) is 0. The van der Waals surface area contributed by atoms with Crippen LogP contribution in [0.4, 0.5) is 0 Å². The normalized spacial score (nSPS) is 15.2. The van der Waals surface area contributed by atoms with E-state index in [0.29, 0.717) is 24.6 Å². The van der Waals surface area contributed by atoms with Crippen LogP contribution in [0.15, 0.2) is 53.4 Å². The third kappa shape index (κ3) is 4.55. The van der Waals surface area contributed by atoms with Crippen LogP contribution in [0, 0.1) is 0 Å². The minimum atomic E-state index is -3.61. The molecule has 0 aliphatic carbocycles. The number of piperazine rings is 1. The highest BCUT2D eigenvalue weighted by atomic mass is 32.2. The molecule has 150 valence electrons. The average Bonchev–Trinajstić information content (AvgIpc) is 2.73. The Morgan fingerprint density at radius 1 is 0.964 bits per heavy atom. The Morgan fingerprint density at radius 2 is 1.54 bits per heavy atom. The number of sulfonamides is 1. The van der Waals surface area contributed by atoms with Crippen LogP contribution in [0.5, 0.6) is 17.2 Å². The second-order valence-electron chi connectivity index (χ2n) is 6.24. The molecule has 1 aliphatic heterocycles. The highest BCUT2D eigenvalue weighted by Crippen LogP contribution is 2.21. The quantitative estimate of drug-likeness (QED) is 0.777. The summed E-state index contributed by atoms with van der Waals surface area (Å²) in [7, 11) is -2.09. The van der Waals surface area contributed by atoms with Crippen molar-refractivity contribution < 1.29 is 27.8 Å². The van der Waals surface area contributed by atoms with Crippen LogP contribution >= 0.6 is 0 Å². The number of carbonyl (C=O) groups is 1. The summed E-state index contributed by atoms with van der Waals surface area (Å²) >= 11 is 0. The molecule has 1 saturated heterocycles. The van der Waals surface area contributed by atoms with E-state index < -0.39 is 10.0 Å². The Bertz CT molecular complexity index is 904. The van der Waals surface area contributed by atoms with E-state index in [9.17, 15) is 18.3 Å². The van der Waals surface area contributed by atoms with Gasteiger partial charge in [-0.2, -0.15) is 4.31 Å². The van der Waals surface area contributed by atoms with Crippen LogP contribution in [-0.4, -0.2) is 68.5 Å². The van der Waals surface area contributed by atoms with Gasteiger partial charge in [0.2, 0.25) is 10.0 Å². The monoisotopic (exact) mass is 406 g/mol. The summed E-state index contributed by atoms with van der Waals surface area (Å²) in [6, 6.07) is 12.3. The van der Waals surface area contributed by atoms with Gasteiger partial charge in [0.15, 0.2) is 6.61 Å². The van der Waals surface area contributed by atoms with Crippen molar-refractivity contribution in [2.45, 2.75) is 4.90 Å². The number of aromatic hydroxyl groups is 1. The van der Waals surface area contributed by atoms with Crippen molar-refractivity contribution in [3.8, 4) is 17.2 Å². The summed E-state index contributed by atoms with van der Waals surface area (Å²) in [6.45, 7) is 0.898. The summed E-state index contributed by atoms with van der Waals surface area (Å²) < 4.78 is 37.3. The zero-order valence-electron chi connectivity index (χ0n) is 15.4. The largest absolute Gasteiger partial charge is 0.508 e. The van der Waals surface area contributed by atoms with Crippen LogP contribution in [-0.2, 0) is 14.8 Å². The van der Waals surface area contributed by atoms with Gasteiger partial charge in [0, 0.05) is 26.2 Å². The number of amides is 1. The van der Waals surface area contributed by atoms with E-state index in [1.807, 2.05) is 0 Å². The lowest BCUT2D eigenvalue weighted by Crippen LogP contribution is -2.51. The fourth-order valence-corrected chi connectivity index (χ4v) is 4.28. The van der Waals surface area contributed by atoms with Crippen LogP contribution in [0.3, 0.4) is 0 Å². The molecule has 0 aromatic heterocycles. The SMILES string of the molecule is COc1ccc(S(=O)(=O)N2CCN(C(=O)COc3ccc(O)cc3)CC2)cc1. The van der Waals surface area contributed by atoms with Gasteiger partial charge < -0.3 is 19.5 Å². The number of benzene rings is 2. The van der Waals surface area contributed by atoms with Crippen LogP contribution in [0.1, 0.15) is 0 Å². The molecule has 0 bridgehead atoms. The smallest absolute Gasteiger partial charge is 0.260 e. The predicted octanol–water partition coefficient (Wildman–Crippen LogP) is 1.31. The van der Waals surface area contributed by atoms with E-state index in [1.54, 1.807) is 29.2 Å². The van der Waals surface area contributed by atoms with Crippen molar-refractivity contribution in [2.24, 2.45) is 0 Å². The molecular formula is C19H22N2O6S. The maximum atomic E-state index is 12.7. The number of phenols is 1. The van der Waals surface area contributed by atoms with Gasteiger partial charge in [-0.05, 0) is 48.5 Å². The number of rotatable bonds is 6. The first-order valence-electron chi connectivity index (χ1n) is 8.74. The van der Waals surface area contributed by atoms with Crippen LogP contribution in [0.25, 0.3) is 0 Å². The Morgan fingerprint density at radius 3 is 2.11 bits per heavy atom. The van der Waals surface area contributed by atoms with Crippen molar-refractivity contribution >= 4 is 15.9 Å². The second kappa shape index (κ2) is 8.49. The molecule has 1 aliphatic rings. The summed E-state index contributed by atoms with van der Waals surface area (Å²) in [5.74, 6) is 0.970. The van der Waals surface area contributed by atoms with Gasteiger partial charge in [-0.3, -0.25) is 4.79 Å². The van der Waals surface area contributed by atoms with E-state index in [0.717, 1.165) is 0 Å². The zero-order valence-corrected chi connectivity index (χ0v) is 16.3. The molecule has 2 aromatic rings. The fourth-order valence-electron chi connectivity index (χ4n) is 2.85. The fraction of sp³-hybridized carbons (Fsp3) is 0.316. The first-order chi connectivity index (χ1) is 13.4. The molecule has 1 heterocycles.